The Kier molecular flexibility index (Phi) is 3.60. The molecule has 0 aromatic carbocycles. The molecule has 0 fully saturated rings. The Morgan fingerprint density at radius 3 is 2.90 bits per heavy atom. The Hall–Kier alpha value is -1.99. The average Bonchev–Trinajstić information content (AvgIpc) is 3.05. The number of carbonyl (C=O) groups excluding carboxylic acids is 1. The van der Waals surface area contributed by atoms with Crippen molar-refractivity contribution in [2.24, 2.45) is 0 Å². The third kappa shape index (κ3) is 2.62. The van der Waals surface area contributed by atoms with Gasteiger partial charge >= 0.3 is 5.97 Å². The molecule has 5 nitrogen and oxygen atoms in total. The van der Waals surface area contributed by atoms with Crippen molar-refractivity contribution in [1.82, 2.24) is 9.97 Å². The predicted molar refractivity (Wildman–Crippen MR) is 83.7 cm³/mol. The first-order chi connectivity index (χ1) is 10.1. The Morgan fingerprint density at radius 1 is 1.43 bits per heavy atom. The van der Waals surface area contributed by atoms with Gasteiger partial charge < -0.3 is 9.72 Å². The van der Waals surface area contributed by atoms with Gasteiger partial charge in [-0.25, -0.2) is 4.98 Å². The van der Waals surface area contributed by atoms with E-state index in [-0.39, 0.29) is 5.56 Å². The molecule has 0 aliphatic rings. The fourth-order valence-electron chi connectivity index (χ4n) is 2.08. The van der Waals surface area contributed by atoms with E-state index in [1.54, 1.807) is 18.3 Å². The van der Waals surface area contributed by atoms with E-state index in [0.29, 0.717) is 16.0 Å². The van der Waals surface area contributed by atoms with E-state index in [2.05, 4.69) is 9.97 Å². The van der Waals surface area contributed by atoms with Gasteiger partial charge in [-0.1, -0.05) is 6.07 Å². The molecule has 7 heteroatoms. The molecule has 0 unspecified atom stereocenters. The number of aromatic amines is 1. The maximum Gasteiger partial charge on any atom is 0.303 e. The van der Waals surface area contributed by atoms with Crippen LogP contribution < -0.4 is 5.56 Å². The Balaban J connectivity index is 2.11. The molecule has 0 aliphatic carbocycles. The van der Waals surface area contributed by atoms with Gasteiger partial charge in [-0.3, -0.25) is 9.59 Å². The number of nitrogens with one attached hydrogen (secondary N) is 1. The lowest BCUT2D eigenvalue weighted by molar-refractivity contribution is -0.146. The quantitative estimate of drug-likeness (QED) is 0.751. The van der Waals surface area contributed by atoms with Gasteiger partial charge in [-0.05, 0) is 18.4 Å². The van der Waals surface area contributed by atoms with E-state index < -0.39 is 12.1 Å². The van der Waals surface area contributed by atoms with Crippen molar-refractivity contribution < 1.29 is 9.53 Å². The summed E-state index contributed by atoms with van der Waals surface area (Å²) in [7, 11) is 0. The monoisotopic (exact) mass is 320 g/mol. The summed E-state index contributed by atoms with van der Waals surface area (Å²) in [6.45, 7) is 3.01. The minimum Gasteiger partial charge on any atom is -0.455 e. The molecule has 0 amide bonds. The van der Waals surface area contributed by atoms with Gasteiger partial charge in [-0.15, -0.1) is 22.7 Å². The highest BCUT2D eigenvalue weighted by Gasteiger charge is 2.17. The first kappa shape index (κ1) is 14.0. The van der Waals surface area contributed by atoms with Crippen molar-refractivity contribution in [2.75, 3.05) is 0 Å². The molecule has 21 heavy (non-hydrogen) atoms. The van der Waals surface area contributed by atoms with Crippen LogP contribution in [0.5, 0.6) is 0 Å². The number of hydrogen-bond donors (Lipinski definition) is 1. The zero-order valence-electron chi connectivity index (χ0n) is 11.4. The second-order valence-electron chi connectivity index (χ2n) is 4.51. The van der Waals surface area contributed by atoms with E-state index in [0.717, 1.165) is 10.4 Å². The summed E-state index contributed by atoms with van der Waals surface area (Å²) in [6, 6.07) is 3.92. The van der Waals surface area contributed by atoms with Crippen molar-refractivity contribution >= 4 is 38.9 Å². The van der Waals surface area contributed by atoms with Crippen molar-refractivity contribution in [2.45, 2.75) is 20.0 Å². The summed E-state index contributed by atoms with van der Waals surface area (Å²) >= 11 is 2.99. The van der Waals surface area contributed by atoms with E-state index in [1.807, 2.05) is 22.9 Å². The number of hydrogen-bond acceptors (Lipinski definition) is 6. The molecular formula is C14H12N2O3S2. The molecule has 0 saturated heterocycles. The third-order valence-corrected chi connectivity index (χ3v) is 4.75. The van der Waals surface area contributed by atoms with Crippen LogP contribution in [-0.4, -0.2) is 15.9 Å². The number of aromatic nitrogens is 2. The van der Waals surface area contributed by atoms with Gasteiger partial charge in [0.05, 0.1) is 5.39 Å². The average molecular weight is 320 g/mol. The lowest BCUT2D eigenvalue weighted by Crippen LogP contribution is -2.16. The van der Waals surface area contributed by atoms with Gasteiger partial charge in [0, 0.05) is 22.7 Å². The van der Waals surface area contributed by atoms with Crippen LogP contribution in [0.15, 0.2) is 27.7 Å². The van der Waals surface area contributed by atoms with Crippen LogP contribution in [0.1, 0.15) is 25.8 Å². The summed E-state index contributed by atoms with van der Waals surface area (Å²) in [5, 5.41) is 4.48. The summed E-state index contributed by atoms with van der Waals surface area (Å²) in [5.41, 5.74) is 0.684. The SMILES string of the molecule is CC(=O)O[C@H](C)c1nc2scc(-c3cccs3)c2c(=O)[nH]1. The second-order valence-corrected chi connectivity index (χ2v) is 6.32. The smallest absolute Gasteiger partial charge is 0.303 e. The molecule has 3 heterocycles. The molecule has 0 aliphatic heterocycles. The van der Waals surface area contributed by atoms with Crippen LogP contribution in [0.4, 0.5) is 0 Å². The number of ether oxygens (including phenoxy) is 1. The van der Waals surface area contributed by atoms with Gasteiger partial charge in [0.25, 0.3) is 5.56 Å². The number of esters is 1. The van der Waals surface area contributed by atoms with E-state index >= 15 is 0 Å². The molecule has 3 aromatic rings. The molecule has 0 bridgehead atoms. The van der Waals surface area contributed by atoms with E-state index in [9.17, 15) is 9.59 Å². The van der Waals surface area contributed by atoms with Crippen molar-refractivity contribution in [3.8, 4) is 10.4 Å². The largest absolute Gasteiger partial charge is 0.455 e. The normalized spacial score (nSPS) is 12.5. The molecule has 1 N–H and O–H groups in total. The number of fused-ring (bicyclic) bond motifs is 1. The van der Waals surface area contributed by atoms with Crippen LogP contribution in [0.2, 0.25) is 0 Å². The van der Waals surface area contributed by atoms with Gasteiger partial charge in [0.15, 0.2) is 11.9 Å². The molecule has 0 saturated carbocycles. The molecule has 3 aromatic heterocycles. The van der Waals surface area contributed by atoms with Crippen LogP contribution in [0.3, 0.4) is 0 Å². The second kappa shape index (κ2) is 5.42. The Bertz CT molecular complexity index is 849. The lowest BCUT2D eigenvalue weighted by Gasteiger charge is -2.10. The number of H-pyrrole nitrogens is 1. The van der Waals surface area contributed by atoms with Crippen molar-refractivity contribution in [3.63, 3.8) is 0 Å². The first-order valence-corrected chi connectivity index (χ1v) is 8.04. The fraction of sp³-hybridized carbons (Fsp3) is 0.214. The summed E-state index contributed by atoms with van der Waals surface area (Å²) in [4.78, 5) is 32.1. The first-order valence-electron chi connectivity index (χ1n) is 6.28. The van der Waals surface area contributed by atoms with Gasteiger partial charge in [0.1, 0.15) is 4.83 Å². The number of nitrogens with zero attached hydrogens (tertiary/aromatic N) is 1. The third-order valence-electron chi connectivity index (χ3n) is 2.98. The van der Waals surface area contributed by atoms with Crippen LogP contribution >= 0.6 is 22.7 Å². The van der Waals surface area contributed by atoms with Crippen LogP contribution in [0.25, 0.3) is 20.7 Å². The molecular weight excluding hydrogens is 308 g/mol. The van der Waals surface area contributed by atoms with E-state index in [1.165, 1.54) is 18.3 Å². The molecule has 3 rings (SSSR count). The van der Waals surface area contributed by atoms with Gasteiger partial charge in [0.2, 0.25) is 0 Å². The molecule has 108 valence electrons. The highest BCUT2D eigenvalue weighted by atomic mass is 32.1. The maximum absolute atomic E-state index is 12.3. The Labute approximate surface area is 128 Å². The summed E-state index contributed by atoms with van der Waals surface area (Å²) in [6.07, 6.45) is -0.577. The zero-order valence-corrected chi connectivity index (χ0v) is 13.0. The summed E-state index contributed by atoms with van der Waals surface area (Å²) in [5.74, 6) is -0.0435. The minimum atomic E-state index is -0.577. The number of rotatable bonds is 3. The highest BCUT2D eigenvalue weighted by Crippen LogP contribution is 2.33. The Morgan fingerprint density at radius 2 is 2.24 bits per heavy atom. The fourth-order valence-corrected chi connectivity index (χ4v) is 3.85. The lowest BCUT2D eigenvalue weighted by atomic mass is 10.2. The van der Waals surface area contributed by atoms with Crippen molar-refractivity contribution in [1.29, 1.82) is 0 Å². The standard InChI is InChI=1S/C14H12N2O3S2/c1-7(19-8(2)17)12-15-13(18)11-9(6-21-14(11)16-12)10-4-3-5-20-10/h3-7H,1-2H3,(H,15,16,18)/t7-/m1/s1. The number of carbonyl (C=O) groups is 1. The molecule has 0 spiro atoms. The highest BCUT2D eigenvalue weighted by molar-refractivity contribution is 7.18. The maximum atomic E-state index is 12.3. The predicted octanol–water partition coefficient (Wildman–Crippen LogP) is 3.34. The van der Waals surface area contributed by atoms with Crippen LogP contribution in [-0.2, 0) is 9.53 Å². The molecule has 1 atom stereocenters. The summed E-state index contributed by atoms with van der Waals surface area (Å²) < 4.78 is 5.05. The van der Waals surface area contributed by atoms with Gasteiger partial charge in [-0.2, -0.15) is 0 Å². The topological polar surface area (TPSA) is 72.0 Å². The van der Waals surface area contributed by atoms with Crippen molar-refractivity contribution in [3.05, 3.63) is 39.1 Å². The minimum absolute atomic E-state index is 0.210. The van der Waals surface area contributed by atoms with E-state index in [4.69, 9.17) is 4.74 Å². The number of thiophene rings is 2. The molecule has 0 radical (unpaired) electrons. The van der Waals surface area contributed by atoms with Crippen LogP contribution in [0, 0.1) is 0 Å². The zero-order chi connectivity index (χ0) is 15.0.